The molecule has 91 heavy (non-hydrogen) atoms. The van der Waals surface area contributed by atoms with E-state index in [1.54, 1.807) is 0 Å². The Balaban J connectivity index is 0.782. The molecule has 0 spiro atoms. The van der Waals surface area contributed by atoms with Crippen LogP contribution in [0.3, 0.4) is 0 Å². The Morgan fingerprint density at radius 2 is 0.659 bits per heavy atom. The molecule has 13 aromatic carbocycles. The van der Waals surface area contributed by atoms with E-state index >= 15 is 0 Å². The summed E-state index contributed by atoms with van der Waals surface area (Å²) in [5, 5.41) is 8.30. The van der Waals surface area contributed by atoms with Crippen molar-refractivity contribution in [2.24, 2.45) is 0 Å². The fourth-order valence-corrected chi connectivity index (χ4v) is 16.0. The van der Waals surface area contributed by atoms with Crippen LogP contribution >= 0.6 is 0 Å². The molecule has 2 aliphatic rings. The molecule has 17 aromatic rings. The maximum Gasteiger partial charge on any atom is 0.160 e. The lowest BCUT2D eigenvalue weighted by atomic mass is 9.82. The molecule has 19 rings (SSSR count). The first-order valence-corrected chi connectivity index (χ1v) is 31.7. The molecule has 0 saturated heterocycles. The van der Waals surface area contributed by atoms with Gasteiger partial charge in [0.15, 0.2) is 5.82 Å². The zero-order chi connectivity index (χ0) is 60.4. The second kappa shape index (κ2) is 19.1. The molecule has 0 fully saturated rings. The van der Waals surface area contributed by atoms with E-state index in [-0.39, 0.29) is 10.8 Å². The van der Waals surface area contributed by atoms with Gasteiger partial charge in [0.1, 0.15) is 0 Å². The first-order chi connectivity index (χ1) is 44.6. The van der Waals surface area contributed by atoms with Crippen molar-refractivity contribution in [3.8, 4) is 84.2 Å². The first kappa shape index (κ1) is 51.6. The van der Waals surface area contributed by atoms with Gasteiger partial charge in [-0.05, 0) is 158 Å². The summed E-state index contributed by atoms with van der Waals surface area (Å²) in [6.45, 7) is 9.46. The molecule has 0 amide bonds. The summed E-state index contributed by atoms with van der Waals surface area (Å²) in [5.74, 6) is 0.704. The summed E-state index contributed by atoms with van der Waals surface area (Å²) < 4.78 is 7.42. The summed E-state index contributed by atoms with van der Waals surface area (Å²) in [5.41, 5.74) is 29.5. The third-order valence-electron chi connectivity index (χ3n) is 20.4. The molecular weight excluding hydrogens is 1100 g/mol. The van der Waals surface area contributed by atoms with Crippen LogP contribution < -0.4 is 0 Å². The largest absolute Gasteiger partial charge is 0.309 e. The summed E-state index contributed by atoms with van der Waals surface area (Å²) >= 11 is 0. The van der Waals surface area contributed by atoms with E-state index in [1.807, 2.05) is 6.07 Å². The van der Waals surface area contributed by atoms with E-state index in [9.17, 15) is 0 Å². The van der Waals surface area contributed by atoms with Crippen molar-refractivity contribution in [1.29, 1.82) is 0 Å². The van der Waals surface area contributed by atoms with Crippen LogP contribution in [0.4, 0.5) is 0 Å². The van der Waals surface area contributed by atoms with Crippen LogP contribution in [-0.2, 0) is 10.8 Å². The topological polar surface area (TPSA) is 40.6 Å². The SMILES string of the molecule is CC1(C)c2ccccc2-c2ccc(-n3c4ccccc4c4cc(-c5ccc6c7ccc(-c8ccc9c(c8)c8ccccc8n9-c8ccc9c(c8)C(C)(C)c8ccccc8-9)cc7n(-c7cccc(-c8nc(-c9ccccc9)nc9ccccc89)c7)c6c5)ccc43)cc21. The monoisotopic (exact) mass is 1160 g/mol. The van der Waals surface area contributed by atoms with E-state index in [1.165, 1.54) is 110 Å². The van der Waals surface area contributed by atoms with E-state index in [4.69, 9.17) is 9.97 Å². The quantitative estimate of drug-likeness (QED) is 0.160. The first-order valence-electron chi connectivity index (χ1n) is 31.7. The fraction of sp³-hybridized carbons (Fsp3) is 0.0698. The number of benzene rings is 13. The lowest BCUT2D eigenvalue weighted by Gasteiger charge is -2.22. The van der Waals surface area contributed by atoms with Gasteiger partial charge in [-0.2, -0.15) is 0 Å². The molecule has 4 heterocycles. The van der Waals surface area contributed by atoms with Gasteiger partial charge in [-0.15, -0.1) is 0 Å². The number of nitrogens with zero attached hydrogens (tertiary/aromatic N) is 5. The summed E-state index contributed by atoms with van der Waals surface area (Å²) in [7, 11) is 0. The molecule has 0 bridgehead atoms. The molecule has 5 heteroatoms. The summed E-state index contributed by atoms with van der Waals surface area (Å²) in [6, 6.07) is 106. The smallest absolute Gasteiger partial charge is 0.160 e. The molecule has 0 radical (unpaired) electrons. The number of para-hydroxylation sites is 3. The molecule has 428 valence electrons. The van der Waals surface area contributed by atoms with Gasteiger partial charge in [0.25, 0.3) is 0 Å². The van der Waals surface area contributed by atoms with Crippen LogP contribution in [0.1, 0.15) is 49.9 Å². The maximum atomic E-state index is 5.37. The van der Waals surface area contributed by atoms with Gasteiger partial charge in [0, 0.05) is 76.7 Å². The maximum absolute atomic E-state index is 5.37. The second-order valence-electron chi connectivity index (χ2n) is 26.1. The third-order valence-corrected chi connectivity index (χ3v) is 20.4. The van der Waals surface area contributed by atoms with Crippen LogP contribution in [-0.4, -0.2) is 23.7 Å². The highest BCUT2D eigenvalue weighted by Crippen LogP contribution is 2.52. The third kappa shape index (κ3) is 7.52. The van der Waals surface area contributed by atoms with Crippen LogP contribution in [0.25, 0.3) is 161 Å². The van der Waals surface area contributed by atoms with Crippen molar-refractivity contribution in [1.82, 2.24) is 23.7 Å². The second-order valence-corrected chi connectivity index (χ2v) is 26.1. The molecular formula is C86H59N5. The van der Waals surface area contributed by atoms with Crippen LogP contribution in [0.5, 0.6) is 0 Å². The molecule has 0 N–H and O–H groups in total. The highest BCUT2D eigenvalue weighted by atomic mass is 15.0. The van der Waals surface area contributed by atoms with Crippen LogP contribution in [0.15, 0.2) is 285 Å². The molecule has 5 nitrogen and oxygen atoms in total. The van der Waals surface area contributed by atoms with Crippen molar-refractivity contribution in [2.75, 3.05) is 0 Å². The standard InChI is InChI=1S/C86H59N5/c1-85(2)72-28-13-8-23-61(72)63-41-37-59(50-74(63)85)89-77-31-16-11-25-65(77)70-46-53(35-43-79(70)89)55-33-39-67-68-40-34-56(49-82(68)91(81(67)48-55)58-22-18-21-57(45-58)83-69-27-10-15-30-76(69)87-84(88-83)52-19-6-5-7-20-52)54-36-44-80-71(47-54)66-26-12-17-32-78(66)90(80)60-38-42-64-62-24-9-14-29-73(62)86(3,4)75(64)51-60/h5-51H,1-4H3. The van der Waals surface area contributed by atoms with Gasteiger partial charge >= 0.3 is 0 Å². The van der Waals surface area contributed by atoms with E-state index in [2.05, 4.69) is 320 Å². The Labute approximate surface area is 527 Å². The van der Waals surface area contributed by atoms with Crippen LogP contribution in [0, 0.1) is 0 Å². The predicted molar refractivity (Wildman–Crippen MR) is 379 cm³/mol. The van der Waals surface area contributed by atoms with Gasteiger partial charge in [0.2, 0.25) is 0 Å². The minimum absolute atomic E-state index is 0.110. The fourth-order valence-electron chi connectivity index (χ4n) is 16.0. The number of fused-ring (bicyclic) bond motifs is 16. The summed E-state index contributed by atoms with van der Waals surface area (Å²) in [4.78, 5) is 10.5. The molecule has 0 aliphatic heterocycles. The Kier molecular flexibility index (Phi) is 10.8. The Hall–Kier alpha value is -11.4. The Morgan fingerprint density at radius 3 is 1.23 bits per heavy atom. The minimum Gasteiger partial charge on any atom is -0.309 e. The Bertz CT molecular complexity index is 5680. The van der Waals surface area contributed by atoms with Crippen molar-refractivity contribution in [2.45, 2.75) is 38.5 Å². The van der Waals surface area contributed by atoms with Gasteiger partial charge in [-0.3, -0.25) is 0 Å². The van der Waals surface area contributed by atoms with E-state index in [0.717, 1.165) is 66.7 Å². The highest BCUT2D eigenvalue weighted by molar-refractivity contribution is 6.15. The molecule has 0 atom stereocenters. The number of hydrogen-bond acceptors (Lipinski definition) is 2. The normalized spacial score (nSPS) is 13.7. The van der Waals surface area contributed by atoms with Gasteiger partial charge in [-0.1, -0.05) is 222 Å². The average Bonchev–Trinajstić information content (AvgIpc) is 1.73. The van der Waals surface area contributed by atoms with Crippen molar-refractivity contribution in [3.05, 3.63) is 307 Å². The molecule has 0 saturated carbocycles. The average molecular weight is 1160 g/mol. The van der Waals surface area contributed by atoms with Gasteiger partial charge < -0.3 is 13.7 Å². The zero-order valence-electron chi connectivity index (χ0n) is 50.9. The highest BCUT2D eigenvalue weighted by Gasteiger charge is 2.37. The van der Waals surface area contributed by atoms with Crippen molar-refractivity contribution in [3.63, 3.8) is 0 Å². The van der Waals surface area contributed by atoms with Crippen LogP contribution in [0.2, 0.25) is 0 Å². The van der Waals surface area contributed by atoms with E-state index < -0.39 is 0 Å². The number of hydrogen-bond donors (Lipinski definition) is 0. The number of aromatic nitrogens is 5. The molecule has 2 aliphatic carbocycles. The van der Waals surface area contributed by atoms with E-state index in [0.29, 0.717) is 5.82 Å². The van der Waals surface area contributed by atoms with Crippen molar-refractivity contribution < 1.29 is 0 Å². The predicted octanol–water partition coefficient (Wildman–Crippen LogP) is 22.2. The molecule has 0 unspecified atom stereocenters. The summed E-state index contributed by atoms with van der Waals surface area (Å²) in [6.07, 6.45) is 0. The zero-order valence-corrected chi connectivity index (χ0v) is 50.9. The lowest BCUT2D eigenvalue weighted by Crippen LogP contribution is -2.15. The number of rotatable bonds is 7. The minimum atomic E-state index is -0.110. The van der Waals surface area contributed by atoms with Crippen molar-refractivity contribution >= 4 is 76.3 Å². The van der Waals surface area contributed by atoms with Gasteiger partial charge in [0.05, 0.1) is 44.3 Å². The Morgan fingerprint density at radius 1 is 0.242 bits per heavy atom. The molecule has 4 aromatic heterocycles. The van der Waals surface area contributed by atoms with Gasteiger partial charge in [-0.25, -0.2) is 9.97 Å². The lowest BCUT2D eigenvalue weighted by molar-refractivity contribution is 0.660.